The Labute approximate surface area is 183 Å². The zero-order valence-electron chi connectivity index (χ0n) is 18.4. The number of aliphatic hydroxyl groups excluding tert-OH is 1. The van der Waals surface area contributed by atoms with Crippen LogP contribution in [-0.4, -0.2) is 95.1 Å². The van der Waals surface area contributed by atoms with E-state index < -0.39 is 29.6 Å². The number of rotatable bonds is 7. The monoisotopic (exact) mass is 431 g/mol. The van der Waals surface area contributed by atoms with E-state index in [0.717, 1.165) is 19.3 Å². The summed E-state index contributed by atoms with van der Waals surface area (Å²) in [5.74, 6) is -1.87. The standard InChI is InChI=1S/C23H33N3O5/c1-3-4-5-12-25-13-7-10-23-18(17-16(31-23)9-6-11-24(2)20(17)28)21(29)26(14-8-15-27)19(23)22(25)30/h6-7,9-10,16-19,27H,3-5,8,11-15H2,1-2H3/t16-,17+,18+,19?,23+/m1/s1. The molecule has 2 saturated heterocycles. The molecule has 0 aromatic rings. The summed E-state index contributed by atoms with van der Waals surface area (Å²) in [4.78, 5) is 45.6. The number of carbonyl (C=O) groups excluding carboxylic acids is 3. The number of likely N-dealkylation sites (N-methyl/N-ethyl adjacent to an activating group) is 1. The Morgan fingerprint density at radius 3 is 2.61 bits per heavy atom. The zero-order chi connectivity index (χ0) is 22.2. The van der Waals surface area contributed by atoms with E-state index in [2.05, 4.69) is 6.92 Å². The van der Waals surface area contributed by atoms with Crippen LogP contribution in [0.1, 0.15) is 32.6 Å². The normalized spacial score (nSPS) is 34.7. The first-order valence-corrected chi connectivity index (χ1v) is 11.4. The molecule has 0 radical (unpaired) electrons. The molecule has 4 aliphatic heterocycles. The lowest BCUT2D eigenvalue weighted by Crippen LogP contribution is -2.55. The lowest BCUT2D eigenvalue weighted by atomic mass is 9.77. The maximum Gasteiger partial charge on any atom is 0.249 e. The molecule has 8 nitrogen and oxygen atoms in total. The highest BCUT2D eigenvalue weighted by molar-refractivity contribution is 5.99. The van der Waals surface area contributed by atoms with Crippen molar-refractivity contribution in [3.05, 3.63) is 24.3 Å². The van der Waals surface area contributed by atoms with Gasteiger partial charge in [-0.05, 0) is 12.8 Å². The van der Waals surface area contributed by atoms with Crippen LogP contribution in [0.2, 0.25) is 0 Å². The van der Waals surface area contributed by atoms with Crippen molar-refractivity contribution in [2.45, 2.75) is 50.4 Å². The molecule has 1 N–H and O–H groups in total. The Hall–Kier alpha value is -2.19. The van der Waals surface area contributed by atoms with E-state index in [9.17, 15) is 19.5 Å². The fourth-order valence-electron chi connectivity index (χ4n) is 5.54. The first kappa shape index (κ1) is 22.0. The third-order valence-corrected chi connectivity index (χ3v) is 7.03. The first-order chi connectivity index (χ1) is 15.0. The quantitative estimate of drug-likeness (QED) is 0.470. The molecule has 0 aromatic heterocycles. The zero-order valence-corrected chi connectivity index (χ0v) is 18.4. The molecule has 4 rings (SSSR count). The number of hydrogen-bond acceptors (Lipinski definition) is 5. The molecular weight excluding hydrogens is 398 g/mol. The topological polar surface area (TPSA) is 90.4 Å². The molecule has 2 fully saturated rings. The number of aliphatic hydroxyl groups is 1. The second kappa shape index (κ2) is 8.74. The predicted molar refractivity (Wildman–Crippen MR) is 114 cm³/mol. The van der Waals surface area contributed by atoms with E-state index in [0.29, 0.717) is 26.1 Å². The van der Waals surface area contributed by atoms with Crippen LogP contribution in [0.5, 0.6) is 0 Å². The molecule has 0 saturated carbocycles. The van der Waals surface area contributed by atoms with Crippen molar-refractivity contribution in [2.24, 2.45) is 11.8 Å². The molecule has 4 heterocycles. The van der Waals surface area contributed by atoms with Crippen LogP contribution in [0.3, 0.4) is 0 Å². The summed E-state index contributed by atoms with van der Waals surface area (Å²) in [5.41, 5.74) is -1.16. The fourth-order valence-corrected chi connectivity index (χ4v) is 5.54. The molecular formula is C23H33N3O5. The van der Waals surface area contributed by atoms with Gasteiger partial charge < -0.3 is 24.5 Å². The minimum Gasteiger partial charge on any atom is -0.396 e. The van der Waals surface area contributed by atoms with Crippen LogP contribution >= 0.6 is 0 Å². The molecule has 3 amide bonds. The van der Waals surface area contributed by atoms with Crippen molar-refractivity contribution in [1.82, 2.24) is 14.7 Å². The van der Waals surface area contributed by atoms with Crippen molar-refractivity contribution >= 4 is 17.7 Å². The number of amides is 3. The maximum atomic E-state index is 13.7. The van der Waals surface area contributed by atoms with Gasteiger partial charge in [0.2, 0.25) is 17.7 Å². The first-order valence-electron chi connectivity index (χ1n) is 11.4. The highest BCUT2D eigenvalue weighted by Gasteiger charge is 2.71. The predicted octanol–water partition coefficient (Wildman–Crippen LogP) is 0.566. The van der Waals surface area contributed by atoms with Crippen LogP contribution in [0.4, 0.5) is 0 Å². The molecule has 0 aliphatic carbocycles. The summed E-state index contributed by atoms with van der Waals surface area (Å²) >= 11 is 0. The van der Waals surface area contributed by atoms with E-state index in [1.807, 2.05) is 24.3 Å². The maximum absolute atomic E-state index is 13.7. The summed E-state index contributed by atoms with van der Waals surface area (Å²) in [6, 6.07) is -0.810. The molecule has 0 bridgehead atoms. The van der Waals surface area contributed by atoms with Gasteiger partial charge in [0.15, 0.2) is 0 Å². The lowest BCUT2D eigenvalue weighted by Gasteiger charge is -2.35. The Balaban J connectivity index is 1.74. The number of nitrogens with zero attached hydrogens (tertiary/aromatic N) is 3. The Bertz CT molecular complexity index is 796. The lowest BCUT2D eigenvalue weighted by molar-refractivity contribution is -0.148. The van der Waals surface area contributed by atoms with Crippen molar-refractivity contribution < 1.29 is 24.2 Å². The van der Waals surface area contributed by atoms with Crippen LogP contribution in [0, 0.1) is 11.8 Å². The molecule has 31 heavy (non-hydrogen) atoms. The van der Waals surface area contributed by atoms with Gasteiger partial charge in [-0.1, -0.05) is 44.1 Å². The number of unbranched alkanes of at least 4 members (excludes halogenated alkanes) is 2. The second-order valence-corrected chi connectivity index (χ2v) is 8.99. The SMILES string of the molecule is CCCCCN1CC=C[C@]23O[C@@H]4C=CCN(C)C(=O)[C@@H]4[C@H]2C(=O)N(CCCO)C3C1=O. The smallest absolute Gasteiger partial charge is 0.249 e. The summed E-state index contributed by atoms with van der Waals surface area (Å²) in [6.07, 6.45) is 10.4. The molecule has 170 valence electrons. The molecule has 1 unspecified atom stereocenters. The molecule has 5 atom stereocenters. The highest BCUT2D eigenvalue weighted by Crippen LogP contribution is 2.53. The fraction of sp³-hybridized carbons (Fsp3) is 0.696. The molecule has 0 aromatic carbocycles. The number of ether oxygens (including phenoxy) is 1. The molecule has 1 spiro atoms. The third-order valence-electron chi connectivity index (χ3n) is 7.03. The summed E-state index contributed by atoms with van der Waals surface area (Å²) in [6.45, 7) is 3.88. The number of likely N-dealkylation sites (tertiary alicyclic amines) is 1. The summed E-state index contributed by atoms with van der Waals surface area (Å²) < 4.78 is 6.49. The van der Waals surface area contributed by atoms with Gasteiger partial charge in [-0.3, -0.25) is 14.4 Å². The molecule has 4 aliphatic rings. The van der Waals surface area contributed by atoms with E-state index in [4.69, 9.17) is 4.74 Å². The van der Waals surface area contributed by atoms with Crippen molar-refractivity contribution in [3.8, 4) is 0 Å². The Morgan fingerprint density at radius 2 is 1.87 bits per heavy atom. The van der Waals surface area contributed by atoms with Crippen molar-refractivity contribution in [2.75, 3.05) is 39.8 Å². The average Bonchev–Trinajstić information content (AvgIpc) is 3.08. The van der Waals surface area contributed by atoms with Gasteiger partial charge in [-0.25, -0.2) is 0 Å². The Morgan fingerprint density at radius 1 is 1.06 bits per heavy atom. The average molecular weight is 432 g/mol. The largest absolute Gasteiger partial charge is 0.396 e. The molecule has 8 heteroatoms. The summed E-state index contributed by atoms with van der Waals surface area (Å²) in [5, 5.41) is 9.38. The van der Waals surface area contributed by atoms with Crippen LogP contribution in [0.25, 0.3) is 0 Å². The van der Waals surface area contributed by atoms with Gasteiger partial charge in [0.1, 0.15) is 11.6 Å². The van der Waals surface area contributed by atoms with Crippen molar-refractivity contribution in [1.29, 1.82) is 0 Å². The van der Waals surface area contributed by atoms with Crippen LogP contribution in [-0.2, 0) is 19.1 Å². The van der Waals surface area contributed by atoms with E-state index in [1.54, 1.807) is 21.7 Å². The van der Waals surface area contributed by atoms with E-state index in [1.165, 1.54) is 0 Å². The minimum absolute atomic E-state index is 0.0737. The van der Waals surface area contributed by atoms with Gasteiger partial charge in [0.05, 0.1) is 17.9 Å². The summed E-state index contributed by atoms with van der Waals surface area (Å²) in [7, 11) is 1.73. The Kier molecular flexibility index (Phi) is 6.21. The van der Waals surface area contributed by atoms with Gasteiger partial charge in [0.25, 0.3) is 0 Å². The van der Waals surface area contributed by atoms with E-state index >= 15 is 0 Å². The van der Waals surface area contributed by atoms with Gasteiger partial charge in [-0.15, -0.1) is 0 Å². The minimum atomic E-state index is -1.16. The van der Waals surface area contributed by atoms with Crippen LogP contribution < -0.4 is 0 Å². The second-order valence-electron chi connectivity index (χ2n) is 8.99. The van der Waals surface area contributed by atoms with Crippen LogP contribution in [0.15, 0.2) is 24.3 Å². The van der Waals surface area contributed by atoms with Gasteiger partial charge in [0, 0.05) is 39.8 Å². The highest BCUT2D eigenvalue weighted by atomic mass is 16.5. The van der Waals surface area contributed by atoms with Crippen molar-refractivity contribution in [3.63, 3.8) is 0 Å². The third kappa shape index (κ3) is 3.49. The van der Waals surface area contributed by atoms with E-state index in [-0.39, 0.29) is 30.9 Å². The van der Waals surface area contributed by atoms with Gasteiger partial charge >= 0.3 is 0 Å². The number of hydrogen-bond donors (Lipinski definition) is 1. The number of fused-ring (bicyclic) bond motifs is 2. The van der Waals surface area contributed by atoms with Gasteiger partial charge in [-0.2, -0.15) is 0 Å². The number of carbonyl (C=O) groups is 3.